The number of nitrogens with one attached hydrogen (secondary N) is 2. The molecule has 2 rings (SSSR count). The van der Waals surface area contributed by atoms with Crippen LogP contribution < -0.4 is 15.5 Å². The molecule has 2 N–H and O–H groups in total. The first kappa shape index (κ1) is 19.2. The first-order valence-electron chi connectivity index (χ1n) is 8.44. The van der Waals surface area contributed by atoms with Gasteiger partial charge in [0.25, 0.3) is 0 Å². The number of carbonyl (C=O) groups excluding carboxylic acids is 3. The van der Waals surface area contributed by atoms with Crippen LogP contribution in [0, 0.1) is 0 Å². The predicted octanol–water partition coefficient (Wildman–Crippen LogP) is 3.20. The van der Waals surface area contributed by atoms with Crippen LogP contribution in [0.25, 0.3) is 0 Å². The van der Waals surface area contributed by atoms with E-state index in [4.69, 9.17) is 0 Å². The van der Waals surface area contributed by atoms with Gasteiger partial charge < -0.3 is 15.5 Å². The molecule has 0 aliphatic rings. The molecule has 136 valence electrons. The molecule has 0 spiro atoms. The molecule has 3 amide bonds. The van der Waals surface area contributed by atoms with Gasteiger partial charge in [-0.2, -0.15) is 0 Å². The van der Waals surface area contributed by atoms with Gasteiger partial charge in [-0.3, -0.25) is 14.4 Å². The highest BCUT2D eigenvalue weighted by Gasteiger charge is 2.18. The van der Waals surface area contributed by atoms with E-state index in [-0.39, 0.29) is 24.3 Å². The van der Waals surface area contributed by atoms with Crippen LogP contribution in [0.15, 0.2) is 48.5 Å². The van der Waals surface area contributed by atoms with E-state index in [1.54, 1.807) is 24.3 Å². The van der Waals surface area contributed by atoms with Gasteiger partial charge in [-0.1, -0.05) is 25.1 Å². The van der Waals surface area contributed by atoms with Gasteiger partial charge >= 0.3 is 0 Å². The van der Waals surface area contributed by atoms with E-state index in [9.17, 15) is 14.4 Å². The van der Waals surface area contributed by atoms with E-state index < -0.39 is 0 Å². The Bertz CT molecular complexity index is 800. The number of benzene rings is 2. The zero-order valence-electron chi connectivity index (χ0n) is 15.2. The highest BCUT2D eigenvalue weighted by Crippen LogP contribution is 2.21. The first-order valence-corrected chi connectivity index (χ1v) is 8.44. The molecule has 0 bridgehead atoms. The number of hydrogen-bond acceptors (Lipinski definition) is 3. The third-order valence-corrected chi connectivity index (χ3v) is 3.83. The minimum Gasteiger partial charge on any atom is -0.326 e. The molecule has 0 unspecified atom stereocenters. The summed E-state index contributed by atoms with van der Waals surface area (Å²) in [7, 11) is 0. The fraction of sp³-hybridized carbons (Fsp3) is 0.250. The van der Waals surface area contributed by atoms with Crippen molar-refractivity contribution in [2.75, 3.05) is 22.1 Å². The van der Waals surface area contributed by atoms with E-state index in [1.165, 1.54) is 18.7 Å². The number of hydrogen-bond donors (Lipinski definition) is 2. The Kier molecular flexibility index (Phi) is 6.49. The van der Waals surface area contributed by atoms with Crippen LogP contribution in [0.1, 0.15) is 26.3 Å². The molecular formula is C20H23N3O3. The maximum absolute atomic E-state index is 12.4. The van der Waals surface area contributed by atoms with Gasteiger partial charge in [0.2, 0.25) is 17.7 Å². The molecule has 0 saturated carbocycles. The summed E-state index contributed by atoms with van der Waals surface area (Å²) in [5.74, 6) is -0.645. The lowest BCUT2D eigenvalue weighted by Gasteiger charge is -2.23. The lowest BCUT2D eigenvalue weighted by Crippen LogP contribution is -2.37. The van der Waals surface area contributed by atoms with E-state index in [1.807, 2.05) is 31.2 Å². The molecule has 2 aromatic carbocycles. The van der Waals surface area contributed by atoms with Crippen LogP contribution in [0.4, 0.5) is 17.1 Å². The Morgan fingerprint density at radius 3 is 2.00 bits per heavy atom. The van der Waals surface area contributed by atoms with Crippen molar-refractivity contribution in [3.05, 3.63) is 54.1 Å². The van der Waals surface area contributed by atoms with Gasteiger partial charge in [0.05, 0.1) is 0 Å². The fourth-order valence-electron chi connectivity index (χ4n) is 2.62. The molecule has 26 heavy (non-hydrogen) atoms. The van der Waals surface area contributed by atoms with Crippen LogP contribution in [-0.4, -0.2) is 24.3 Å². The minimum atomic E-state index is -0.293. The zero-order valence-corrected chi connectivity index (χ0v) is 15.2. The highest BCUT2D eigenvalue weighted by molar-refractivity contribution is 6.02. The van der Waals surface area contributed by atoms with Crippen molar-refractivity contribution in [2.45, 2.75) is 27.2 Å². The number of carbonyl (C=O) groups is 3. The maximum Gasteiger partial charge on any atom is 0.244 e. The molecule has 0 radical (unpaired) electrons. The van der Waals surface area contributed by atoms with Gasteiger partial charge in [0, 0.05) is 30.9 Å². The van der Waals surface area contributed by atoms with E-state index in [2.05, 4.69) is 10.6 Å². The van der Waals surface area contributed by atoms with Crippen LogP contribution in [0.2, 0.25) is 0 Å². The van der Waals surface area contributed by atoms with Crippen molar-refractivity contribution >= 4 is 34.8 Å². The molecule has 0 aromatic heterocycles. The maximum atomic E-state index is 12.4. The standard InChI is InChI=1S/C20H23N3O3/c1-4-16-7-5-6-8-19(16)23(15(3)25)13-20(26)22-18-11-9-17(10-12-18)21-14(2)24/h5-12H,4,13H2,1-3H3,(H,21,24)(H,22,26). The number of para-hydroxylation sites is 1. The summed E-state index contributed by atoms with van der Waals surface area (Å²) in [4.78, 5) is 36.9. The van der Waals surface area contributed by atoms with Crippen LogP contribution >= 0.6 is 0 Å². The van der Waals surface area contributed by atoms with Crippen LogP contribution in [0.3, 0.4) is 0 Å². The summed E-state index contributed by atoms with van der Waals surface area (Å²) >= 11 is 0. The molecule has 6 heteroatoms. The van der Waals surface area contributed by atoms with Gasteiger partial charge in [0.15, 0.2) is 0 Å². The molecule has 0 aliphatic heterocycles. The Morgan fingerprint density at radius 1 is 0.885 bits per heavy atom. The van der Waals surface area contributed by atoms with Gasteiger partial charge in [-0.15, -0.1) is 0 Å². The second-order valence-electron chi connectivity index (χ2n) is 5.89. The number of rotatable bonds is 6. The number of anilines is 3. The third kappa shape index (κ3) is 5.17. The highest BCUT2D eigenvalue weighted by atomic mass is 16.2. The lowest BCUT2D eigenvalue weighted by atomic mass is 10.1. The third-order valence-electron chi connectivity index (χ3n) is 3.83. The van der Waals surface area contributed by atoms with Gasteiger partial charge in [0.1, 0.15) is 6.54 Å². The van der Waals surface area contributed by atoms with E-state index in [0.717, 1.165) is 17.7 Å². The quantitative estimate of drug-likeness (QED) is 0.837. The van der Waals surface area contributed by atoms with Crippen molar-refractivity contribution < 1.29 is 14.4 Å². The monoisotopic (exact) mass is 353 g/mol. The Labute approximate surface area is 153 Å². The van der Waals surface area contributed by atoms with E-state index >= 15 is 0 Å². The summed E-state index contributed by atoms with van der Waals surface area (Å²) < 4.78 is 0. The Balaban J connectivity index is 2.08. The molecule has 0 saturated heterocycles. The van der Waals surface area contributed by atoms with Gasteiger partial charge in [-0.25, -0.2) is 0 Å². The van der Waals surface area contributed by atoms with Gasteiger partial charge in [-0.05, 0) is 42.3 Å². The summed E-state index contributed by atoms with van der Waals surface area (Å²) in [6.45, 7) is 4.82. The number of amides is 3. The topological polar surface area (TPSA) is 78.5 Å². The number of nitrogens with zero attached hydrogens (tertiary/aromatic N) is 1. The summed E-state index contributed by atoms with van der Waals surface area (Å²) in [5.41, 5.74) is 3.00. The van der Waals surface area contributed by atoms with Crippen LogP contribution in [0.5, 0.6) is 0 Å². The summed E-state index contributed by atoms with van der Waals surface area (Å²) in [6.07, 6.45) is 0.770. The summed E-state index contributed by atoms with van der Waals surface area (Å²) in [6, 6.07) is 14.3. The number of aryl methyl sites for hydroxylation is 1. The largest absolute Gasteiger partial charge is 0.326 e. The lowest BCUT2D eigenvalue weighted by molar-refractivity contribution is -0.120. The summed E-state index contributed by atoms with van der Waals surface area (Å²) in [5, 5.41) is 5.43. The average molecular weight is 353 g/mol. The average Bonchev–Trinajstić information content (AvgIpc) is 2.60. The predicted molar refractivity (Wildman–Crippen MR) is 103 cm³/mol. The Hall–Kier alpha value is -3.15. The SMILES string of the molecule is CCc1ccccc1N(CC(=O)Nc1ccc(NC(C)=O)cc1)C(C)=O. The van der Waals surface area contributed by atoms with Crippen molar-refractivity contribution in [3.63, 3.8) is 0 Å². The van der Waals surface area contributed by atoms with Crippen molar-refractivity contribution in [1.82, 2.24) is 0 Å². The van der Waals surface area contributed by atoms with Crippen molar-refractivity contribution in [3.8, 4) is 0 Å². The zero-order chi connectivity index (χ0) is 19.1. The Morgan fingerprint density at radius 2 is 1.46 bits per heavy atom. The molecule has 6 nitrogen and oxygen atoms in total. The molecular weight excluding hydrogens is 330 g/mol. The second kappa shape index (κ2) is 8.80. The molecule has 0 heterocycles. The fourth-order valence-corrected chi connectivity index (χ4v) is 2.62. The molecule has 2 aromatic rings. The van der Waals surface area contributed by atoms with E-state index in [0.29, 0.717) is 11.4 Å². The minimum absolute atomic E-state index is 0.0696. The first-order chi connectivity index (χ1) is 12.4. The second-order valence-corrected chi connectivity index (χ2v) is 5.89. The smallest absolute Gasteiger partial charge is 0.244 e. The molecule has 0 aliphatic carbocycles. The molecule has 0 atom stereocenters. The van der Waals surface area contributed by atoms with Crippen molar-refractivity contribution in [2.24, 2.45) is 0 Å². The van der Waals surface area contributed by atoms with Crippen LogP contribution in [-0.2, 0) is 20.8 Å². The normalized spacial score (nSPS) is 10.1. The molecule has 0 fully saturated rings. The van der Waals surface area contributed by atoms with Crippen molar-refractivity contribution in [1.29, 1.82) is 0 Å².